The number of halogens is 4. The van der Waals surface area contributed by atoms with Gasteiger partial charge in [0.05, 0.1) is 10.0 Å². The van der Waals surface area contributed by atoms with Crippen LogP contribution in [-0.4, -0.2) is 29.6 Å². The molecule has 0 N–H and O–H groups in total. The van der Waals surface area contributed by atoms with Crippen LogP contribution in [0.1, 0.15) is 25.7 Å². The summed E-state index contributed by atoms with van der Waals surface area (Å²) in [5, 5.41) is -0.607. The van der Waals surface area contributed by atoms with Crippen molar-refractivity contribution >= 4 is 49.2 Å². The zero-order valence-electron chi connectivity index (χ0n) is 10.9. The van der Waals surface area contributed by atoms with Crippen LogP contribution < -0.4 is 0 Å². The second-order valence-corrected chi connectivity index (χ2v) is 9.35. The van der Waals surface area contributed by atoms with E-state index in [0.29, 0.717) is 4.83 Å². The molecule has 2 bridgehead atoms. The fraction of sp³-hybridized carbons (Fsp3) is 0.538. The van der Waals surface area contributed by atoms with Gasteiger partial charge in [0.2, 0.25) is 10.0 Å². The van der Waals surface area contributed by atoms with Crippen LogP contribution in [0.15, 0.2) is 17.0 Å². The van der Waals surface area contributed by atoms with Crippen LogP contribution in [0.5, 0.6) is 0 Å². The molecule has 8 heteroatoms. The van der Waals surface area contributed by atoms with Gasteiger partial charge in [-0.2, -0.15) is 4.31 Å². The first-order valence-corrected chi connectivity index (χ1v) is 9.74. The standard InChI is InChI=1S/C13H13BrCl2FNO2S/c14-7-5-8-1-2-9(6-7)18(8)21(19,20)11-4-3-10(15)13(17)12(11)16/h3-4,7-9H,1-2,5-6H2. The van der Waals surface area contributed by atoms with Crippen molar-refractivity contribution in [3.05, 3.63) is 28.0 Å². The van der Waals surface area contributed by atoms with Crippen molar-refractivity contribution < 1.29 is 12.8 Å². The maximum Gasteiger partial charge on any atom is 0.245 e. The molecule has 0 saturated carbocycles. The fourth-order valence-electron chi connectivity index (χ4n) is 3.28. The summed E-state index contributed by atoms with van der Waals surface area (Å²) in [6.07, 6.45) is 3.20. The van der Waals surface area contributed by atoms with E-state index in [1.165, 1.54) is 16.4 Å². The summed E-state index contributed by atoms with van der Waals surface area (Å²) in [5.41, 5.74) is 0. The van der Waals surface area contributed by atoms with Crippen molar-refractivity contribution in [2.24, 2.45) is 0 Å². The Kier molecular flexibility index (Phi) is 4.29. The molecule has 2 aliphatic heterocycles. The summed E-state index contributed by atoms with van der Waals surface area (Å²) in [5.74, 6) is -0.887. The van der Waals surface area contributed by atoms with E-state index in [2.05, 4.69) is 15.9 Å². The molecule has 0 amide bonds. The number of piperidine rings is 1. The highest BCUT2D eigenvalue weighted by atomic mass is 79.9. The first kappa shape index (κ1) is 16.0. The number of rotatable bonds is 2. The normalized spacial score (nSPS) is 29.8. The van der Waals surface area contributed by atoms with Crippen LogP contribution in [0.2, 0.25) is 10.0 Å². The first-order chi connectivity index (χ1) is 9.82. The van der Waals surface area contributed by atoms with Gasteiger partial charge in [0, 0.05) is 16.9 Å². The molecule has 1 aromatic carbocycles. The molecule has 3 nitrogen and oxygen atoms in total. The average molecular weight is 417 g/mol. The van der Waals surface area contributed by atoms with Gasteiger partial charge in [0.1, 0.15) is 4.90 Å². The van der Waals surface area contributed by atoms with E-state index >= 15 is 0 Å². The number of nitrogens with zero attached hydrogens (tertiary/aromatic N) is 1. The second-order valence-electron chi connectivity index (χ2n) is 5.46. The summed E-state index contributed by atoms with van der Waals surface area (Å²) < 4.78 is 41.0. The smallest absolute Gasteiger partial charge is 0.207 e. The lowest BCUT2D eigenvalue weighted by Gasteiger charge is -2.36. The van der Waals surface area contributed by atoms with Crippen LogP contribution in [0.3, 0.4) is 0 Å². The summed E-state index contributed by atoms with van der Waals surface area (Å²) in [6.45, 7) is 0. The van der Waals surface area contributed by atoms with Gasteiger partial charge in [0.15, 0.2) is 5.82 Å². The number of benzene rings is 1. The van der Waals surface area contributed by atoms with E-state index in [1.807, 2.05) is 0 Å². The van der Waals surface area contributed by atoms with Crippen LogP contribution in [0.25, 0.3) is 0 Å². The Hall–Kier alpha value is 0.120. The quantitative estimate of drug-likeness (QED) is 0.534. The van der Waals surface area contributed by atoms with Crippen molar-refractivity contribution in [2.75, 3.05) is 0 Å². The lowest BCUT2D eigenvalue weighted by molar-refractivity contribution is 0.255. The van der Waals surface area contributed by atoms with Crippen LogP contribution in [-0.2, 0) is 10.0 Å². The molecule has 116 valence electrons. The Bertz CT molecular complexity index is 671. The zero-order valence-corrected chi connectivity index (χ0v) is 14.8. The summed E-state index contributed by atoms with van der Waals surface area (Å²) in [6, 6.07) is 2.42. The third-order valence-corrected chi connectivity index (χ3v) is 7.73. The Balaban J connectivity index is 2.04. The number of sulfonamides is 1. The Labute approximate surface area is 141 Å². The van der Waals surface area contributed by atoms with E-state index < -0.39 is 20.9 Å². The van der Waals surface area contributed by atoms with Crippen LogP contribution in [0, 0.1) is 5.82 Å². The third kappa shape index (κ3) is 2.63. The van der Waals surface area contributed by atoms with E-state index in [9.17, 15) is 12.8 Å². The SMILES string of the molecule is O=S(=O)(c1ccc(Cl)c(F)c1Cl)N1C2CCC1CC(Br)C2. The molecule has 1 aromatic rings. The molecule has 2 unspecified atom stereocenters. The largest absolute Gasteiger partial charge is 0.245 e. The van der Waals surface area contributed by atoms with Gasteiger partial charge >= 0.3 is 0 Å². The van der Waals surface area contributed by atoms with Crippen molar-refractivity contribution in [2.45, 2.75) is 47.5 Å². The highest BCUT2D eigenvalue weighted by Crippen LogP contribution is 2.43. The molecule has 0 aromatic heterocycles. The monoisotopic (exact) mass is 415 g/mol. The van der Waals surface area contributed by atoms with Crippen LogP contribution >= 0.6 is 39.1 Å². The van der Waals surface area contributed by atoms with Crippen LogP contribution in [0.4, 0.5) is 4.39 Å². The van der Waals surface area contributed by atoms with Crippen molar-refractivity contribution in [3.8, 4) is 0 Å². The predicted octanol–water partition coefficient (Wildman–Crippen LogP) is 4.21. The minimum Gasteiger partial charge on any atom is -0.207 e. The summed E-state index contributed by atoms with van der Waals surface area (Å²) in [4.78, 5) is 0.134. The van der Waals surface area contributed by atoms with Crippen molar-refractivity contribution in [3.63, 3.8) is 0 Å². The molecule has 3 rings (SSSR count). The minimum absolute atomic E-state index is 0.0482. The van der Waals surface area contributed by atoms with E-state index in [0.717, 1.165) is 25.7 Å². The summed E-state index contributed by atoms with van der Waals surface area (Å²) >= 11 is 15.1. The van der Waals surface area contributed by atoms with E-state index in [1.54, 1.807) is 0 Å². The van der Waals surface area contributed by atoms with E-state index in [-0.39, 0.29) is 22.0 Å². The van der Waals surface area contributed by atoms with Gasteiger partial charge in [0.25, 0.3) is 0 Å². The highest BCUT2D eigenvalue weighted by molar-refractivity contribution is 9.09. The maximum atomic E-state index is 13.8. The minimum atomic E-state index is -3.81. The van der Waals surface area contributed by atoms with E-state index in [4.69, 9.17) is 23.2 Å². The Morgan fingerprint density at radius 2 is 1.76 bits per heavy atom. The first-order valence-electron chi connectivity index (χ1n) is 6.63. The molecular weight excluding hydrogens is 404 g/mol. The van der Waals surface area contributed by atoms with Gasteiger partial charge in [-0.05, 0) is 37.8 Å². The van der Waals surface area contributed by atoms with Gasteiger partial charge in [-0.25, -0.2) is 12.8 Å². The van der Waals surface area contributed by atoms with Gasteiger partial charge in [-0.1, -0.05) is 39.1 Å². The molecule has 0 spiro atoms. The molecule has 2 saturated heterocycles. The van der Waals surface area contributed by atoms with Crippen molar-refractivity contribution in [1.82, 2.24) is 4.31 Å². The molecule has 0 radical (unpaired) electrons. The topological polar surface area (TPSA) is 37.4 Å². The number of hydrogen-bond donors (Lipinski definition) is 0. The average Bonchev–Trinajstić information content (AvgIpc) is 2.69. The molecule has 2 fully saturated rings. The van der Waals surface area contributed by atoms with Gasteiger partial charge in [-0.15, -0.1) is 0 Å². The van der Waals surface area contributed by atoms with Gasteiger partial charge in [-0.3, -0.25) is 0 Å². The molecule has 0 aliphatic carbocycles. The summed E-state index contributed by atoms with van der Waals surface area (Å²) in [7, 11) is -3.81. The van der Waals surface area contributed by atoms with Gasteiger partial charge < -0.3 is 0 Å². The third-order valence-electron chi connectivity index (χ3n) is 4.16. The maximum absolute atomic E-state index is 13.8. The lowest BCUT2D eigenvalue weighted by atomic mass is 10.1. The number of fused-ring (bicyclic) bond motifs is 2. The number of hydrogen-bond acceptors (Lipinski definition) is 2. The second kappa shape index (κ2) is 5.64. The molecule has 2 heterocycles. The Morgan fingerprint density at radius 1 is 1.19 bits per heavy atom. The molecule has 21 heavy (non-hydrogen) atoms. The fourth-order valence-corrected chi connectivity index (χ4v) is 6.76. The highest BCUT2D eigenvalue weighted by Gasteiger charge is 2.47. The molecule has 2 aliphatic rings. The van der Waals surface area contributed by atoms with Crippen molar-refractivity contribution in [1.29, 1.82) is 0 Å². The predicted molar refractivity (Wildman–Crippen MR) is 84.2 cm³/mol. The zero-order chi connectivity index (χ0) is 15.4. The Morgan fingerprint density at radius 3 is 2.33 bits per heavy atom. The molecular formula is C13H13BrCl2FNO2S. The lowest BCUT2D eigenvalue weighted by Crippen LogP contribution is -2.46. The number of alkyl halides is 1. The molecule has 2 atom stereocenters.